The maximum atomic E-state index is 12.6. The third kappa shape index (κ3) is 4.81. The average Bonchev–Trinajstić information content (AvgIpc) is 2.87. The number of hydrogen-bond donors (Lipinski definition) is 2. The molecule has 1 aliphatic carbocycles. The van der Waals surface area contributed by atoms with Crippen LogP contribution < -0.4 is 10.6 Å². The fourth-order valence-electron chi connectivity index (χ4n) is 3.36. The van der Waals surface area contributed by atoms with Crippen LogP contribution >= 0.6 is 0 Å². The van der Waals surface area contributed by atoms with Gasteiger partial charge in [0.2, 0.25) is 0 Å². The van der Waals surface area contributed by atoms with Crippen molar-refractivity contribution in [3.05, 3.63) is 53.3 Å². The second-order valence-electron chi connectivity index (χ2n) is 7.04. The highest BCUT2D eigenvalue weighted by Gasteiger charge is 2.14. The minimum absolute atomic E-state index is 0.168. The number of hydrogen-bond acceptors (Lipinski definition) is 3. The molecule has 0 saturated heterocycles. The van der Waals surface area contributed by atoms with E-state index in [-0.39, 0.29) is 5.91 Å². The lowest BCUT2D eigenvalue weighted by molar-refractivity contribution is 0.102. The summed E-state index contributed by atoms with van der Waals surface area (Å²) in [6, 6.07) is 10.3. The van der Waals surface area contributed by atoms with Crippen molar-refractivity contribution < 1.29 is 4.79 Å². The van der Waals surface area contributed by atoms with Crippen LogP contribution in [0, 0.1) is 13.8 Å². The first-order chi connectivity index (χ1) is 12.1. The Balaban J connectivity index is 1.69. The second-order valence-corrected chi connectivity index (χ2v) is 7.04. The van der Waals surface area contributed by atoms with Crippen LogP contribution in [0.25, 0.3) is 0 Å². The van der Waals surface area contributed by atoms with Crippen LogP contribution in [0.4, 0.5) is 11.4 Å². The van der Waals surface area contributed by atoms with Crippen molar-refractivity contribution in [1.29, 1.82) is 0 Å². The van der Waals surface area contributed by atoms with E-state index >= 15 is 0 Å². The standard InChI is InChI=1S/C21H27N3O/c1-15-9-10-16(2)19(13-15)24-21(25)20-14-18(11-12-22-20)23-17-7-5-3-4-6-8-17/h9-14,17H,3-8H2,1-2H3,(H,22,23)(H,24,25). The maximum Gasteiger partial charge on any atom is 0.274 e. The average molecular weight is 337 g/mol. The van der Waals surface area contributed by atoms with Gasteiger partial charge in [-0.1, -0.05) is 37.8 Å². The lowest BCUT2D eigenvalue weighted by Crippen LogP contribution is -2.19. The van der Waals surface area contributed by atoms with Crippen molar-refractivity contribution in [1.82, 2.24) is 4.98 Å². The number of amides is 1. The van der Waals surface area contributed by atoms with Crippen LogP contribution in [0.15, 0.2) is 36.5 Å². The SMILES string of the molecule is Cc1ccc(C)c(NC(=O)c2cc(NC3CCCCCC3)ccn2)c1. The number of nitrogens with zero attached hydrogens (tertiary/aromatic N) is 1. The highest BCUT2D eigenvalue weighted by molar-refractivity contribution is 6.03. The van der Waals surface area contributed by atoms with Crippen LogP contribution in [-0.4, -0.2) is 16.9 Å². The van der Waals surface area contributed by atoms with E-state index in [9.17, 15) is 4.79 Å². The predicted octanol–water partition coefficient (Wildman–Crippen LogP) is 5.09. The third-order valence-corrected chi connectivity index (χ3v) is 4.86. The summed E-state index contributed by atoms with van der Waals surface area (Å²) in [5, 5.41) is 6.56. The van der Waals surface area contributed by atoms with Crippen molar-refractivity contribution >= 4 is 17.3 Å². The molecule has 2 N–H and O–H groups in total. The number of carbonyl (C=O) groups excluding carboxylic acids is 1. The summed E-state index contributed by atoms with van der Waals surface area (Å²) in [4.78, 5) is 16.8. The Morgan fingerprint density at radius 3 is 2.56 bits per heavy atom. The molecule has 0 radical (unpaired) electrons. The van der Waals surface area contributed by atoms with Gasteiger partial charge in [-0.15, -0.1) is 0 Å². The molecule has 3 rings (SSSR count). The summed E-state index contributed by atoms with van der Waals surface area (Å²) in [6.45, 7) is 4.01. The van der Waals surface area contributed by atoms with Gasteiger partial charge < -0.3 is 10.6 Å². The molecule has 1 heterocycles. The molecule has 1 fully saturated rings. The fraction of sp³-hybridized carbons (Fsp3) is 0.429. The van der Waals surface area contributed by atoms with E-state index < -0.39 is 0 Å². The normalized spacial score (nSPS) is 15.4. The summed E-state index contributed by atoms with van der Waals surface area (Å²) in [6.07, 6.45) is 9.33. The quantitative estimate of drug-likeness (QED) is 0.765. The van der Waals surface area contributed by atoms with Gasteiger partial charge in [-0.2, -0.15) is 0 Å². The van der Waals surface area contributed by atoms with E-state index in [0.29, 0.717) is 11.7 Å². The van der Waals surface area contributed by atoms with Crippen molar-refractivity contribution in [2.45, 2.75) is 58.4 Å². The number of rotatable bonds is 4. The smallest absolute Gasteiger partial charge is 0.274 e. The molecule has 0 unspecified atom stereocenters. The summed E-state index contributed by atoms with van der Waals surface area (Å²) in [7, 11) is 0. The number of nitrogens with one attached hydrogen (secondary N) is 2. The van der Waals surface area contributed by atoms with Crippen LogP contribution in [0.2, 0.25) is 0 Å². The summed E-state index contributed by atoms with van der Waals surface area (Å²) >= 11 is 0. The van der Waals surface area contributed by atoms with Gasteiger partial charge in [-0.3, -0.25) is 9.78 Å². The first kappa shape index (κ1) is 17.5. The van der Waals surface area contributed by atoms with E-state index in [1.54, 1.807) is 6.20 Å². The van der Waals surface area contributed by atoms with E-state index in [0.717, 1.165) is 22.5 Å². The summed E-state index contributed by atoms with van der Waals surface area (Å²) in [5.74, 6) is -0.168. The maximum absolute atomic E-state index is 12.6. The van der Waals surface area contributed by atoms with Crippen molar-refractivity contribution in [2.75, 3.05) is 10.6 Å². The zero-order valence-corrected chi connectivity index (χ0v) is 15.1. The van der Waals surface area contributed by atoms with Crippen LogP contribution in [0.1, 0.15) is 60.1 Å². The molecule has 1 saturated carbocycles. The Kier molecular flexibility index (Phi) is 5.69. The molecule has 4 heteroatoms. The van der Waals surface area contributed by atoms with Crippen molar-refractivity contribution in [3.63, 3.8) is 0 Å². The molecule has 1 aromatic carbocycles. The topological polar surface area (TPSA) is 54.0 Å². The zero-order chi connectivity index (χ0) is 17.6. The van der Waals surface area contributed by atoms with Gasteiger partial charge in [-0.25, -0.2) is 0 Å². The van der Waals surface area contributed by atoms with Gasteiger partial charge in [0.05, 0.1) is 0 Å². The fourth-order valence-corrected chi connectivity index (χ4v) is 3.36. The molecule has 4 nitrogen and oxygen atoms in total. The molecule has 25 heavy (non-hydrogen) atoms. The van der Waals surface area contributed by atoms with Gasteiger partial charge in [0.15, 0.2) is 0 Å². The first-order valence-corrected chi connectivity index (χ1v) is 9.23. The summed E-state index contributed by atoms with van der Waals surface area (Å²) < 4.78 is 0. The molecule has 1 aliphatic rings. The van der Waals surface area contributed by atoms with Gasteiger partial charge in [-0.05, 0) is 56.0 Å². The third-order valence-electron chi connectivity index (χ3n) is 4.86. The van der Waals surface area contributed by atoms with Gasteiger partial charge in [0.1, 0.15) is 5.69 Å². The van der Waals surface area contributed by atoms with E-state index in [1.165, 1.54) is 38.5 Å². The molecule has 0 aliphatic heterocycles. The van der Waals surface area contributed by atoms with Gasteiger partial charge in [0.25, 0.3) is 5.91 Å². The Bertz CT molecular complexity index is 734. The number of pyridine rings is 1. The van der Waals surface area contributed by atoms with Gasteiger partial charge >= 0.3 is 0 Å². The number of aryl methyl sites for hydroxylation is 2. The Labute approximate surface area is 150 Å². The van der Waals surface area contributed by atoms with Gasteiger partial charge in [0, 0.05) is 23.6 Å². The zero-order valence-electron chi connectivity index (χ0n) is 15.1. The number of benzene rings is 1. The van der Waals surface area contributed by atoms with Crippen molar-refractivity contribution in [2.24, 2.45) is 0 Å². The number of carbonyl (C=O) groups is 1. The second kappa shape index (κ2) is 8.15. The molecule has 0 bridgehead atoms. The molecule has 132 valence electrons. The predicted molar refractivity (Wildman–Crippen MR) is 103 cm³/mol. The lowest BCUT2D eigenvalue weighted by Gasteiger charge is -2.18. The van der Waals surface area contributed by atoms with Crippen LogP contribution in [0.5, 0.6) is 0 Å². The molecule has 1 amide bonds. The Morgan fingerprint density at radius 2 is 1.80 bits per heavy atom. The Morgan fingerprint density at radius 1 is 1.04 bits per heavy atom. The minimum atomic E-state index is -0.168. The van der Waals surface area contributed by atoms with E-state index in [2.05, 4.69) is 15.6 Å². The van der Waals surface area contributed by atoms with Crippen molar-refractivity contribution in [3.8, 4) is 0 Å². The first-order valence-electron chi connectivity index (χ1n) is 9.23. The van der Waals surface area contributed by atoms with Crippen LogP contribution in [-0.2, 0) is 0 Å². The molecule has 2 aromatic rings. The lowest BCUT2D eigenvalue weighted by atomic mass is 10.1. The molecular formula is C21H27N3O. The summed E-state index contributed by atoms with van der Waals surface area (Å²) in [5.41, 5.74) is 4.44. The number of anilines is 2. The number of aromatic nitrogens is 1. The molecular weight excluding hydrogens is 310 g/mol. The van der Waals surface area contributed by atoms with Crippen LogP contribution in [0.3, 0.4) is 0 Å². The highest BCUT2D eigenvalue weighted by atomic mass is 16.1. The molecule has 1 aromatic heterocycles. The minimum Gasteiger partial charge on any atom is -0.382 e. The van der Waals surface area contributed by atoms with E-state index in [1.807, 2.05) is 44.2 Å². The largest absolute Gasteiger partial charge is 0.382 e. The molecule has 0 atom stereocenters. The highest BCUT2D eigenvalue weighted by Crippen LogP contribution is 2.22. The molecule has 0 spiro atoms. The van der Waals surface area contributed by atoms with E-state index in [4.69, 9.17) is 0 Å². The monoisotopic (exact) mass is 337 g/mol. The Hall–Kier alpha value is -2.36.